The average Bonchev–Trinajstić information content (AvgIpc) is 2.84. The van der Waals surface area contributed by atoms with Crippen LogP contribution in [0.2, 0.25) is 0 Å². The Morgan fingerprint density at radius 1 is 1.24 bits per heavy atom. The van der Waals surface area contributed by atoms with Gasteiger partial charge in [-0.3, -0.25) is 4.90 Å². The number of nitrogens with zero attached hydrogens (tertiary/aromatic N) is 1. The first-order chi connectivity index (χ1) is 8.24. The number of aliphatic hydroxyl groups excluding tert-OH is 1. The zero-order valence-corrected chi connectivity index (χ0v) is 9.70. The minimum absolute atomic E-state index is 0.0167. The van der Waals surface area contributed by atoms with Gasteiger partial charge >= 0.3 is 0 Å². The van der Waals surface area contributed by atoms with Crippen LogP contribution in [0.15, 0.2) is 18.2 Å². The van der Waals surface area contributed by atoms with E-state index in [1.165, 1.54) is 6.07 Å². The van der Waals surface area contributed by atoms with Crippen LogP contribution >= 0.6 is 0 Å². The van der Waals surface area contributed by atoms with Crippen molar-refractivity contribution in [3.8, 4) is 0 Å². The molecular weight excluding hydrogens is 224 g/mol. The van der Waals surface area contributed by atoms with Crippen molar-refractivity contribution in [2.24, 2.45) is 0 Å². The second-order valence-electron chi connectivity index (χ2n) is 4.41. The minimum atomic E-state index is -0.815. The van der Waals surface area contributed by atoms with Crippen molar-refractivity contribution in [2.75, 3.05) is 19.7 Å². The predicted molar refractivity (Wildman–Crippen MR) is 61.6 cm³/mol. The van der Waals surface area contributed by atoms with Crippen molar-refractivity contribution in [3.63, 3.8) is 0 Å². The molecule has 1 N–H and O–H groups in total. The highest BCUT2D eigenvalue weighted by atomic mass is 19.2. The van der Waals surface area contributed by atoms with Crippen LogP contribution in [0.4, 0.5) is 8.78 Å². The first-order valence-electron chi connectivity index (χ1n) is 6.03. The smallest absolute Gasteiger partial charge is 0.163 e. The Balaban J connectivity index is 2.27. The van der Waals surface area contributed by atoms with Gasteiger partial charge in [-0.05, 0) is 38.4 Å². The third-order valence-electron chi connectivity index (χ3n) is 3.32. The van der Waals surface area contributed by atoms with Crippen molar-refractivity contribution < 1.29 is 13.9 Å². The monoisotopic (exact) mass is 241 g/mol. The lowest BCUT2D eigenvalue weighted by Gasteiger charge is -2.27. The first-order valence-corrected chi connectivity index (χ1v) is 6.03. The normalized spacial score (nSPS) is 18.5. The minimum Gasteiger partial charge on any atom is -0.396 e. The molecule has 2 rings (SSSR count). The zero-order chi connectivity index (χ0) is 12.3. The maximum absolute atomic E-state index is 13.7. The maximum Gasteiger partial charge on any atom is 0.163 e. The van der Waals surface area contributed by atoms with Gasteiger partial charge in [0.25, 0.3) is 0 Å². The molecule has 0 aromatic heterocycles. The Morgan fingerprint density at radius 3 is 2.59 bits per heavy atom. The summed E-state index contributed by atoms with van der Waals surface area (Å²) in [6.07, 6.45) is 2.61. The molecule has 1 unspecified atom stereocenters. The van der Waals surface area contributed by atoms with Crippen molar-refractivity contribution in [2.45, 2.75) is 25.3 Å². The summed E-state index contributed by atoms with van der Waals surface area (Å²) in [4.78, 5) is 2.12. The predicted octanol–water partition coefficient (Wildman–Crippen LogP) is 2.48. The third kappa shape index (κ3) is 2.64. The largest absolute Gasteiger partial charge is 0.396 e. The molecule has 1 aliphatic rings. The highest BCUT2D eigenvalue weighted by molar-refractivity contribution is 5.23. The second-order valence-corrected chi connectivity index (χ2v) is 4.41. The second kappa shape index (κ2) is 5.56. The fourth-order valence-electron chi connectivity index (χ4n) is 2.49. The molecule has 4 heteroatoms. The van der Waals surface area contributed by atoms with Crippen LogP contribution in [0.3, 0.4) is 0 Å². The molecule has 0 radical (unpaired) electrons. The van der Waals surface area contributed by atoms with Crippen LogP contribution in [-0.2, 0) is 0 Å². The standard InChI is InChI=1S/C13H17F2NO/c14-11-5-3-4-10(13(11)15)12(6-9-17)16-7-1-2-8-16/h3-5,12,17H,1-2,6-9H2. The summed E-state index contributed by atoms with van der Waals surface area (Å²) < 4.78 is 27.0. The molecule has 2 nitrogen and oxygen atoms in total. The molecule has 94 valence electrons. The van der Waals surface area contributed by atoms with Crippen molar-refractivity contribution in [3.05, 3.63) is 35.4 Å². The summed E-state index contributed by atoms with van der Waals surface area (Å²) in [7, 11) is 0. The van der Waals surface area contributed by atoms with Crippen LogP contribution in [0.1, 0.15) is 30.9 Å². The van der Waals surface area contributed by atoms with Crippen LogP contribution in [0.5, 0.6) is 0 Å². The van der Waals surface area contributed by atoms with Gasteiger partial charge in [0.2, 0.25) is 0 Å². The van der Waals surface area contributed by atoms with E-state index in [1.807, 2.05) is 0 Å². The van der Waals surface area contributed by atoms with Crippen LogP contribution in [0, 0.1) is 11.6 Å². The summed E-state index contributed by atoms with van der Waals surface area (Å²) in [6.45, 7) is 1.76. The Kier molecular flexibility index (Phi) is 4.07. The van der Waals surface area contributed by atoms with Gasteiger partial charge in [-0.2, -0.15) is 0 Å². The van der Waals surface area contributed by atoms with Gasteiger partial charge in [-0.1, -0.05) is 12.1 Å². The van der Waals surface area contributed by atoms with E-state index in [9.17, 15) is 8.78 Å². The molecular formula is C13H17F2NO. The summed E-state index contributed by atoms with van der Waals surface area (Å²) in [5.74, 6) is -1.59. The molecule has 0 saturated carbocycles. The fourth-order valence-corrected chi connectivity index (χ4v) is 2.49. The highest BCUT2D eigenvalue weighted by Gasteiger charge is 2.26. The summed E-state index contributed by atoms with van der Waals surface area (Å²) in [5, 5.41) is 9.08. The van der Waals surface area contributed by atoms with Gasteiger partial charge in [0.05, 0.1) is 0 Å². The zero-order valence-electron chi connectivity index (χ0n) is 9.70. The highest BCUT2D eigenvalue weighted by Crippen LogP contribution is 2.30. The molecule has 1 fully saturated rings. The van der Waals surface area contributed by atoms with Crippen molar-refractivity contribution >= 4 is 0 Å². The van der Waals surface area contributed by atoms with Gasteiger partial charge in [-0.15, -0.1) is 0 Å². The lowest BCUT2D eigenvalue weighted by molar-refractivity contribution is 0.181. The lowest BCUT2D eigenvalue weighted by Crippen LogP contribution is -2.27. The molecule has 1 aliphatic heterocycles. The molecule has 0 aliphatic carbocycles. The number of aliphatic hydroxyl groups is 1. The molecule has 1 saturated heterocycles. The third-order valence-corrected chi connectivity index (χ3v) is 3.32. The average molecular weight is 241 g/mol. The van der Waals surface area contributed by atoms with Crippen LogP contribution in [0.25, 0.3) is 0 Å². The van der Waals surface area contributed by atoms with E-state index >= 15 is 0 Å². The van der Waals surface area contributed by atoms with E-state index in [-0.39, 0.29) is 12.6 Å². The topological polar surface area (TPSA) is 23.5 Å². The van der Waals surface area contributed by atoms with E-state index in [1.54, 1.807) is 6.07 Å². The molecule has 0 bridgehead atoms. The summed E-state index contributed by atoms with van der Waals surface area (Å²) in [6, 6.07) is 4.04. The quantitative estimate of drug-likeness (QED) is 0.875. The van der Waals surface area contributed by atoms with E-state index in [2.05, 4.69) is 4.90 Å². The van der Waals surface area contributed by atoms with Crippen LogP contribution in [-0.4, -0.2) is 29.7 Å². The molecule has 0 spiro atoms. The molecule has 1 atom stereocenters. The molecule has 1 heterocycles. The SMILES string of the molecule is OCCC(c1cccc(F)c1F)N1CCCC1. The van der Waals surface area contributed by atoms with E-state index < -0.39 is 11.6 Å². The van der Waals surface area contributed by atoms with Crippen LogP contribution < -0.4 is 0 Å². The molecule has 1 aromatic rings. The Labute approximate surface area is 99.9 Å². The van der Waals surface area contributed by atoms with Gasteiger partial charge in [0.1, 0.15) is 0 Å². The Bertz CT molecular complexity index is 378. The van der Waals surface area contributed by atoms with Gasteiger partial charge in [0.15, 0.2) is 11.6 Å². The number of halogens is 2. The van der Waals surface area contributed by atoms with Gasteiger partial charge < -0.3 is 5.11 Å². The van der Waals surface area contributed by atoms with Gasteiger partial charge in [-0.25, -0.2) is 8.78 Å². The van der Waals surface area contributed by atoms with E-state index in [4.69, 9.17) is 5.11 Å². The summed E-state index contributed by atoms with van der Waals surface area (Å²) in [5.41, 5.74) is 0.362. The van der Waals surface area contributed by atoms with Crippen molar-refractivity contribution in [1.29, 1.82) is 0 Å². The Hall–Kier alpha value is -1.00. The summed E-state index contributed by atoms with van der Waals surface area (Å²) >= 11 is 0. The lowest BCUT2D eigenvalue weighted by atomic mass is 10.0. The number of rotatable bonds is 4. The molecule has 1 aromatic carbocycles. The number of likely N-dealkylation sites (tertiary alicyclic amines) is 1. The van der Waals surface area contributed by atoms with E-state index in [0.29, 0.717) is 12.0 Å². The van der Waals surface area contributed by atoms with Gasteiger partial charge in [0, 0.05) is 18.2 Å². The molecule has 17 heavy (non-hydrogen) atoms. The Morgan fingerprint density at radius 2 is 1.94 bits per heavy atom. The first kappa shape index (κ1) is 12.5. The number of hydrogen-bond donors (Lipinski definition) is 1. The van der Waals surface area contributed by atoms with Crippen molar-refractivity contribution in [1.82, 2.24) is 4.90 Å². The maximum atomic E-state index is 13.7. The fraction of sp³-hybridized carbons (Fsp3) is 0.538. The number of benzene rings is 1. The van der Waals surface area contributed by atoms with E-state index in [0.717, 1.165) is 32.0 Å². The number of hydrogen-bond acceptors (Lipinski definition) is 2. The molecule has 0 amide bonds.